The van der Waals surface area contributed by atoms with Gasteiger partial charge in [-0.2, -0.15) is 0 Å². The summed E-state index contributed by atoms with van der Waals surface area (Å²) in [6.07, 6.45) is 0. The molecule has 24 heavy (non-hydrogen) atoms. The molecule has 0 amide bonds. The maximum absolute atomic E-state index is 12.9. The van der Waals surface area contributed by atoms with Crippen molar-refractivity contribution in [3.8, 4) is 22.9 Å². The number of nitrogens with zero attached hydrogens (tertiary/aromatic N) is 1. The topological polar surface area (TPSA) is 82.6 Å². The summed E-state index contributed by atoms with van der Waals surface area (Å²) >= 11 is 0. The monoisotopic (exact) mass is 328 g/mol. The quantitative estimate of drug-likeness (QED) is 0.788. The van der Waals surface area contributed by atoms with Crippen molar-refractivity contribution in [1.82, 2.24) is 9.78 Å². The number of aromatic nitrogens is 2. The predicted molar refractivity (Wildman–Crippen MR) is 89.8 cm³/mol. The zero-order valence-electron chi connectivity index (χ0n) is 13.5. The summed E-state index contributed by atoms with van der Waals surface area (Å²) in [6.45, 7) is 0. The SMILES string of the molecule is COc1ccc(-n2[nH]c(=O)c3cc(OC)cc(OC)c3c2=O)cc1. The van der Waals surface area contributed by atoms with Crippen LogP contribution in [0.2, 0.25) is 0 Å². The summed E-state index contributed by atoms with van der Waals surface area (Å²) in [5, 5.41) is 2.97. The lowest BCUT2D eigenvalue weighted by atomic mass is 10.1. The molecule has 0 saturated heterocycles. The lowest BCUT2D eigenvalue weighted by molar-refractivity contribution is 0.397. The van der Waals surface area contributed by atoms with E-state index in [9.17, 15) is 9.59 Å². The van der Waals surface area contributed by atoms with E-state index in [0.717, 1.165) is 0 Å². The Morgan fingerprint density at radius 3 is 2.12 bits per heavy atom. The Morgan fingerprint density at radius 2 is 1.54 bits per heavy atom. The number of methoxy groups -OCH3 is 3. The molecule has 124 valence electrons. The van der Waals surface area contributed by atoms with Crippen molar-refractivity contribution in [3.05, 3.63) is 57.1 Å². The second-order valence-electron chi connectivity index (χ2n) is 5.03. The number of H-pyrrole nitrogens is 1. The second-order valence-corrected chi connectivity index (χ2v) is 5.03. The van der Waals surface area contributed by atoms with Crippen LogP contribution in [0.15, 0.2) is 46.0 Å². The highest BCUT2D eigenvalue weighted by Gasteiger charge is 2.15. The fraction of sp³-hybridized carbons (Fsp3) is 0.176. The first-order chi connectivity index (χ1) is 11.6. The Bertz CT molecular complexity index is 1000. The van der Waals surface area contributed by atoms with Crippen molar-refractivity contribution in [2.45, 2.75) is 0 Å². The highest BCUT2D eigenvalue weighted by atomic mass is 16.5. The molecule has 0 atom stereocenters. The Kier molecular flexibility index (Phi) is 3.99. The number of benzene rings is 2. The van der Waals surface area contributed by atoms with E-state index in [0.29, 0.717) is 17.2 Å². The zero-order valence-corrected chi connectivity index (χ0v) is 13.5. The van der Waals surface area contributed by atoms with Gasteiger partial charge in [0, 0.05) is 6.07 Å². The van der Waals surface area contributed by atoms with Crippen LogP contribution in [0.25, 0.3) is 16.5 Å². The minimum absolute atomic E-state index is 0.192. The molecule has 0 bridgehead atoms. The molecular formula is C17H16N2O5. The Balaban J connectivity index is 2.33. The first-order valence-electron chi connectivity index (χ1n) is 7.14. The van der Waals surface area contributed by atoms with Crippen LogP contribution in [-0.2, 0) is 0 Å². The molecule has 1 aromatic heterocycles. The number of hydrogen-bond acceptors (Lipinski definition) is 5. The maximum Gasteiger partial charge on any atom is 0.281 e. The summed E-state index contributed by atoms with van der Waals surface area (Å²) in [7, 11) is 4.47. The average molecular weight is 328 g/mol. The highest BCUT2D eigenvalue weighted by molar-refractivity contribution is 5.88. The van der Waals surface area contributed by atoms with Crippen molar-refractivity contribution in [3.63, 3.8) is 0 Å². The standard InChI is InChI=1S/C17H16N2O5/c1-22-11-6-4-10(5-7-11)19-17(21)15-13(16(20)18-19)8-12(23-2)9-14(15)24-3/h4-9H,1-3H3,(H,18,20). The molecule has 0 aliphatic carbocycles. The van der Waals surface area contributed by atoms with Crippen molar-refractivity contribution in [1.29, 1.82) is 0 Å². The summed E-state index contributed by atoms with van der Waals surface area (Å²) < 4.78 is 16.7. The van der Waals surface area contributed by atoms with Crippen molar-refractivity contribution < 1.29 is 14.2 Å². The molecule has 1 N–H and O–H groups in total. The Hall–Kier alpha value is -3.22. The molecule has 7 heteroatoms. The van der Waals surface area contributed by atoms with E-state index in [1.54, 1.807) is 37.4 Å². The molecule has 0 spiro atoms. The molecule has 0 saturated carbocycles. The normalized spacial score (nSPS) is 10.6. The molecule has 7 nitrogen and oxygen atoms in total. The Morgan fingerprint density at radius 1 is 0.875 bits per heavy atom. The van der Waals surface area contributed by atoms with Gasteiger partial charge in [-0.15, -0.1) is 0 Å². The molecule has 3 rings (SSSR count). The van der Waals surface area contributed by atoms with E-state index >= 15 is 0 Å². The third kappa shape index (κ3) is 2.50. The summed E-state index contributed by atoms with van der Waals surface area (Å²) in [6, 6.07) is 9.85. The molecule has 0 unspecified atom stereocenters. The highest BCUT2D eigenvalue weighted by Crippen LogP contribution is 2.27. The van der Waals surface area contributed by atoms with Gasteiger partial charge in [-0.1, -0.05) is 0 Å². The van der Waals surface area contributed by atoms with E-state index in [-0.39, 0.29) is 16.5 Å². The van der Waals surface area contributed by atoms with Gasteiger partial charge in [0.05, 0.1) is 37.8 Å². The number of rotatable bonds is 4. The van der Waals surface area contributed by atoms with Crippen LogP contribution in [0.1, 0.15) is 0 Å². The van der Waals surface area contributed by atoms with Gasteiger partial charge in [-0.05, 0) is 30.3 Å². The number of aromatic amines is 1. The fourth-order valence-corrected chi connectivity index (χ4v) is 2.51. The molecule has 0 fully saturated rings. The zero-order chi connectivity index (χ0) is 17.3. The number of hydrogen-bond donors (Lipinski definition) is 1. The van der Waals surface area contributed by atoms with Crippen LogP contribution in [0, 0.1) is 0 Å². The average Bonchev–Trinajstić information content (AvgIpc) is 2.63. The predicted octanol–water partition coefficient (Wildman–Crippen LogP) is 1.70. The lowest BCUT2D eigenvalue weighted by Crippen LogP contribution is -2.28. The van der Waals surface area contributed by atoms with E-state index in [1.807, 2.05) is 0 Å². The number of nitrogens with one attached hydrogen (secondary N) is 1. The van der Waals surface area contributed by atoms with E-state index in [1.165, 1.54) is 25.0 Å². The molecule has 3 aromatic rings. The van der Waals surface area contributed by atoms with Crippen molar-refractivity contribution in [2.24, 2.45) is 0 Å². The first-order valence-corrected chi connectivity index (χ1v) is 7.14. The largest absolute Gasteiger partial charge is 0.497 e. The van der Waals surface area contributed by atoms with Crippen molar-refractivity contribution >= 4 is 10.8 Å². The third-order valence-corrected chi connectivity index (χ3v) is 3.74. The van der Waals surface area contributed by atoms with Crippen LogP contribution < -0.4 is 25.3 Å². The van der Waals surface area contributed by atoms with Gasteiger partial charge in [0.1, 0.15) is 17.2 Å². The second kappa shape index (κ2) is 6.11. The third-order valence-electron chi connectivity index (χ3n) is 3.74. The van der Waals surface area contributed by atoms with Gasteiger partial charge in [0.2, 0.25) is 0 Å². The molecular weight excluding hydrogens is 312 g/mol. The number of ether oxygens (including phenoxy) is 3. The summed E-state index contributed by atoms with van der Waals surface area (Å²) in [5.41, 5.74) is -0.301. The van der Waals surface area contributed by atoms with Gasteiger partial charge in [0.15, 0.2) is 0 Å². The van der Waals surface area contributed by atoms with Crippen LogP contribution in [-0.4, -0.2) is 31.1 Å². The van der Waals surface area contributed by atoms with Crippen LogP contribution in [0.3, 0.4) is 0 Å². The lowest BCUT2D eigenvalue weighted by Gasteiger charge is -2.11. The molecule has 0 aliphatic rings. The van der Waals surface area contributed by atoms with Crippen LogP contribution in [0.5, 0.6) is 17.2 Å². The van der Waals surface area contributed by atoms with Gasteiger partial charge in [-0.3, -0.25) is 14.7 Å². The smallest absolute Gasteiger partial charge is 0.281 e. The van der Waals surface area contributed by atoms with E-state index in [4.69, 9.17) is 14.2 Å². The molecule has 1 heterocycles. The van der Waals surface area contributed by atoms with E-state index in [2.05, 4.69) is 5.10 Å². The van der Waals surface area contributed by atoms with Gasteiger partial charge >= 0.3 is 0 Å². The minimum Gasteiger partial charge on any atom is -0.497 e. The first kappa shape index (κ1) is 15.7. The molecule has 2 aromatic carbocycles. The van der Waals surface area contributed by atoms with Gasteiger partial charge < -0.3 is 14.2 Å². The molecule has 0 radical (unpaired) electrons. The van der Waals surface area contributed by atoms with Crippen molar-refractivity contribution in [2.75, 3.05) is 21.3 Å². The molecule has 0 aliphatic heterocycles. The van der Waals surface area contributed by atoms with Crippen LogP contribution in [0.4, 0.5) is 0 Å². The Labute approximate surface area is 137 Å². The van der Waals surface area contributed by atoms with Gasteiger partial charge in [-0.25, -0.2) is 4.68 Å². The van der Waals surface area contributed by atoms with Gasteiger partial charge in [0.25, 0.3) is 11.1 Å². The maximum atomic E-state index is 12.9. The fourth-order valence-electron chi connectivity index (χ4n) is 2.51. The van der Waals surface area contributed by atoms with E-state index < -0.39 is 11.1 Å². The summed E-state index contributed by atoms with van der Waals surface area (Å²) in [5.74, 6) is 1.37. The number of fused-ring (bicyclic) bond motifs is 1. The minimum atomic E-state index is -0.419. The van der Waals surface area contributed by atoms with Crippen LogP contribution >= 0.6 is 0 Å². The summed E-state index contributed by atoms with van der Waals surface area (Å²) in [4.78, 5) is 25.3.